The Bertz CT molecular complexity index is 1240. The first-order valence-corrected chi connectivity index (χ1v) is 12.0. The van der Waals surface area contributed by atoms with Gasteiger partial charge >= 0.3 is 0 Å². The summed E-state index contributed by atoms with van der Waals surface area (Å²) in [6.45, 7) is 7.16. The molecule has 0 radical (unpaired) electrons. The predicted molar refractivity (Wildman–Crippen MR) is 127 cm³/mol. The van der Waals surface area contributed by atoms with Crippen molar-refractivity contribution in [2.24, 2.45) is 0 Å². The number of aromatic nitrogens is 4. The second kappa shape index (κ2) is 8.41. The highest BCUT2D eigenvalue weighted by atomic mass is 35.5. The van der Waals surface area contributed by atoms with Crippen molar-refractivity contribution in [2.45, 2.75) is 83.0 Å². The minimum atomic E-state index is -1.25. The Morgan fingerprint density at radius 3 is 2.74 bits per heavy atom. The number of fused-ring (bicyclic) bond motifs is 3. The van der Waals surface area contributed by atoms with Crippen molar-refractivity contribution >= 4 is 28.6 Å². The van der Waals surface area contributed by atoms with Gasteiger partial charge in [-0.15, -0.1) is 0 Å². The molecule has 0 unspecified atom stereocenters. The Hall–Kier alpha value is -2.33. The van der Waals surface area contributed by atoms with E-state index in [-0.39, 0.29) is 34.8 Å². The van der Waals surface area contributed by atoms with Gasteiger partial charge in [0.2, 0.25) is 5.95 Å². The van der Waals surface area contributed by atoms with Gasteiger partial charge in [-0.05, 0) is 59.1 Å². The molecule has 4 atom stereocenters. The fraction of sp³-hybridized carbons (Fsp3) is 0.542. The van der Waals surface area contributed by atoms with E-state index < -0.39 is 17.5 Å². The van der Waals surface area contributed by atoms with E-state index in [4.69, 9.17) is 16.3 Å². The molecular weight excluding hydrogens is 461 g/mol. The van der Waals surface area contributed by atoms with Crippen LogP contribution in [-0.4, -0.2) is 54.1 Å². The van der Waals surface area contributed by atoms with Crippen molar-refractivity contribution in [1.29, 1.82) is 0 Å². The number of aliphatic hydroxyl groups is 2. The van der Waals surface area contributed by atoms with Crippen molar-refractivity contribution < 1.29 is 19.3 Å². The maximum absolute atomic E-state index is 15.2. The molecule has 8 nitrogen and oxygen atoms in total. The summed E-state index contributed by atoms with van der Waals surface area (Å²) in [7, 11) is 0. The zero-order chi connectivity index (χ0) is 24.4. The van der Waals surface area contributed by atoms with Crippen molar-refractivity contribution in [1.82, 2.24) is 19.5 Å². The van der Waals surface area contributed by atoms with E-state index in [0.29, 0.717) is 35.0 Å². The largest absolute Gasteiger partial charge is 0.388 e. The van der Waals surface area contributed by atoms with E-state index in [2.05, 4.69) is 20.3 Å². The molecule has 2 fully saturated rings. The number of nitrogens with one attached hydrogen (secondary N) is 1. The standard InChI is InChI=1S/C24H29ClFN5O3/c1-11(2)31-17-8-12(7-15(26)20(17)29-22(31)24(3,4)33)19-14(25)10-27-23(30-19)28-16-9-13-5-6-18(34-13)21(16)32/h7-8,10-11,13,16,18,21,32-33H,5-6,9H2,1-4H3,(H,27,28,30)/t13-,16+,18+,21-/m1/s1. The minimum Gasteiger partial charge on any atom is -0.388 e. The average Bonchev–Trinajstić information content (AvgIpc) is 3.35. The highest BCUT2D eigenvalue weighted by Gasteiger charge is 2.42. The Morgan fingerprint density at radius 1 is 1.26 bits per heavy atom. The third-order valence-electron chi connectivity index (χ3n) is 6.59. The molecule has 4 heterocycles. The summed E-state index contributed by atoms with van der Waals surface area (Å²) in [6, 6.07) is 2.82. The molecule has 0 amide bonds. The Balaban J connectivity index is 1.55. The number of hydrogen-bond acceptors (Lipinski definition) is 7. The fourth-order valence-corrected chi connectivity index (χ4v) is 5.23. The lowest BCUT2D eigenvalue weighted by molar-refractivity contribution is -0.0811. The van der Waals surface area contributed by atoms with Gasteiger partial charge in [0.25, 0.3) is 0 Å². The average molecular weight is 490 g/mol. The van der Waals surface area contributed by atoms with Gasteiger partial charge in [-0.2, -0.15) is 0 Å². The summed E-state index contributed by atoms with van der Waals surface area (Å²) in [5.41, 5.74) is 0.313. The van der Waals surface area contributed by atoms with E-state index in [1.165, 1.54) is 12.3 Å². The normalized spacial score (nSPS) is 24.9. The van der Waals surface area contributed by atoms with Crippen molar-refractivity contribution in [3.8, 4) is 11.3 Å². The van der Waals surface area contributed by atoms with Crippen LogP contribution in [0.25, 0.3) is 22.3 Å². The molecule has 5 rings (SSSR count). The lowest BCUT2D eigenvalue weighted by Gasteiger charge is -2.33. The maximum Gasteiger partial charge on any atom is 0.223 e. The van der Waals surface area contributed by atoms with Gasteiger partial charge in [0.1, 0.15) is 23.0 Å². The molecule has 182 valence electrons. The van der Waals surface area contributed by atoms with Crippen LogP contribution in [-0.2, 0) is 10.3 Å². The number of anilines is 1. The van der Waals surface area contributed by atoms with Gasteiger partial charge < -0.3 is 24.8 Å². The second-order valence-electron chi connectivity index (χ2n) is 10.0. The molecule has 0 spiro atoms. The Morgan fingerprint density at radius 2 is 2.03 bits per heavy atom. The summed E-state index contributed by atoms with van der Waals surface area (Å²) >= 11 is 6.44. The number of imidazole rings is 1. The number of rotatable bonds is 5. The maximum atomic E-state index is 15.2. The van der Waals surface area contributed by atoms with Gasteiger partial charge in [-0.1, -0.05) is 11.6 Å². The molecule has 0 saturated carbocycles. The van der Waals surface area contributed by atoms with Crippen LogP contribution in [0.4, 0.5) is 10.3 Å². The number of hydrogen-bond donors (Lipinski definition) is 3. The van der Waals surface area contributed by atoms with Gasteiger partial charge in [0.15, 0.2) is 5.82 Å². The molecule has 2 bridgehead atoms. The number of benzene rings is 1. The third-order valence-corrected chi connectivity index (χ3v) is 6.87. The Labute approximate surface area is 202 Å². The van der Waals surface area contributed by atoms with E-state index in [1.54, 1.807) is 19.9 Å². The summed E-state index contributed by atoms with van der Waals surface area (Å²) in [4.78, 5) is 13.3. The first-order chi connectivity index (χ1) is 16.0. The monoisotopic (exact) mass is 489 g/mol. The molecule has 3 N–H and O–H groups in total. The highest BCUT2D eigenvalue weighted by molar-refractivity contribution is 6.33. The SMILES string of the molecule is CC(C)n1c(C(C)(C)O)nc2c(F)cc(-c3nc(N[C@H]4C[C@H]5CC[C@H](O5)[C@@H]4O)ncc3Cl)cc21. The van der Waals surface area contributed by atoms with Crippen LogP contribution in [0.1, 0.15) is 58.8 Å². The molecule has 2 aromatic heterocycles. The van der Waals surface area contributed by atoms with E-state index in [9.17, 15) is 10.2 Å². The van der Waals surface area contributed by atoms with Gasteiger partial charge in [-0.3, -0.25) is 0 Å². The summed E-state index contributed by atoms with van der Waals surface area (Å²) in [6.07, 6.45) is 3.19. The molecule has 2 aliphatic rings. The predicted octanol–water partition coefficient (Wildman–Crippen LogP) is 4.19. The zero-order valence-corrected chi connectivity index (χ0v) is 20.3. The number of ether oxygens (including phenoxy) is 1. The summed E-state index contributed by atoms with van der Waals surface area (Å²) in [5, 5.41) is 24.7. The molecule has 34 heavy (non-hydrogen) atoms. The zero-order valence-electron chi connectivity index (χ0n) is 19.6. The van der Waals surface area contributed by atoms with Crippen molar-refractivity contribution in [3.63, 3.8) is 0 Å². The Kier molecular flexibility index (Phi) is 5.79. The molecule has 2 saturated heterocycles. The van der Waals surface area contributed by atoms with Crippen molar-refractivity contribution in [3.05, 3.63) is 35.0 Å². The molecular formula is C24H29ClFN5O3. The first-order valence-electron chi connectivity index (χ1n) is 11.6. The van der Waals surface area contributed by atoms with Crippen LogP contribution in [0.15, 0.2) is 18.3 Å². The van der Waals surface area contributed by atoms with Gasteiger partial charge in [-0.25, -0.2) is 19.3 Å². The summed E-state index contributed by atoms with van der Waals surface area (Å²) < 4.78 is 22.8. The summed E-state index contributed by atoms with van der Waals surface area (Å²) in [5.74, 6) is 0.158. The van der Waals surface area contributed by atoms with Crippen LogP contribution in [0, 0.1) is 5.82 Å². The van der Waals surface area contributed by atoms with E-state index in [1.807, 2.05) is 18.4 Å². The third kappa shape index (κ3) is 4.04. The number of halogens is 2. The van der Waals surface area contributed by atoms with Crippen LogP contribution in [0.5, 0.6) is 0 Å². The van der Waals surface area contributed by atoms with Crippen LogP contribution < -0.4 is 5.32 Å². The molecule has 0 aliphatic carbocycles. The molecule has 2 aliphatic heterocycles. The lowest BCUT2D eigenvalue weighted by atomic mass is 10.0. The van der Waals surface area contributed by atoms with Crippen LogP contribution >= 0.6 is 11.6 Å². The smallest absolute Gasteiger partial charge is 0.223 e. The molecule has 1 aromatic carbocycles. The second-order valence-corrected chi connectivity index (χ2v) is 10.4. The van der Waals surface area contributed by atoms with Gasteiger partial charge in [0.05, 0.1) is 40.7 Å². The van der Waals surface area contributed by atoms with Crippen molar-refractivity contribution in [2.75, 3.05) is 5.32 Å². The van der Waals surface area contributed by atoms with Crippen LogP contribution in [0.2, 0.25) is 5.02 Å². The topological polar surface area (TPSA) is 105 Å². The van der Waals surface area contributed by atoms with Gasteiger partial charge in [0, 0.05) is 11.6 Å². The first kappa shape index (κ1) is 23.4. The minimum absolute atomic E-state index is 0.0652. The quantitative estimate of drug-likeness (QED) is 0.493. The fourth-order valence-electron chi connectivity index (χ4n) is 5.03. The molecule has 3 aromatic rings. The molecule has 10 heteroatoms. The lowest BCUT2D eigenvalue weighted by Crippen LogP contribution is -2.47. The number of nitrogens with zero attached hydrogens (tertiary/aromatic N) is 4. The highest BCUT2D eigenvalue weighted by Crippen LogP contribution is 2.36. The van der Waals surface area contributed by atoms with E-state index in [0.717, 1.165) is 12.8 Å². The van der Waals surface area contributed by atoms with Crippen LogP contribution in [0.3, 0.4) is 0 Å². The van der Waals surface area contributed by atoms with E-state index >= 15 is 4.39 Å². The number of aliphatic hydroxyl groups excluding tert-OH is 1.